The first-order chi connectivity index (χ1) is 12.9. The quantitative estimate of drug-likeness (QED) is 0.605. The molecule has 0 saturated heterocycles. The molecule has 3 rings (SSSR count). The summed E-state index contributed by atoms with van der Waals surface area (Å²) >= 11 is 0. The van der Waals surface area contributed by atoms with Crippen molar-refractivity contribution in [3.8, 4) is 0 Å². The third-order valence-electron chi connectivity index (χ3n) is 4.50. The Hall–Kier alpha value is -3.23. The van der Waals surface area contributed by atoms with Crippen molar-refractivity contribution < 1.29 is 14.0 Å². The van der Waals surface area contributed by atoms with E-state index in [0.717, 1.165) is 6.07 Å². The molecule has 0 spiro atoms. The van der Waals surface area contributed by atoms with E-state index in [0.29, 0.717) is 24.8 Å². The van der Waals surface area contributed by atoms with Gasteiger partial charge in [0.1, 0.15) is 11.5 Å². The maximum atomic E-state index is 13.2. The van der Waals surface area contributed by atoms with Gasteiger partial charge in [-0.2, -0.15) is 0 Å². The lowest BCUT2D eigenvalue weighted by molar-refractivity contribution is -0.125. The predicted molar refractivity (Wildman–Crippen MR) is 94.5 cm³/mol. The van der Waals surface area contributed by atoms with Gasteiger partial charge >= 0.3 is 5.69 Å². The van der Waals surface area contributed by atoms with Crippen LogP contribution in [0.2, 0.25) is 0 Å². The van der Waals surface area contributed by atoms with Crippen LogP contribution in [0.4, 0.5) is 4.39 Å². The fourth-order valence-corrected chi connectivity index (χ4v) is 3.19. The lowest BCUT2D eigenvalue weighted by Crippen LogP contribution is -2.37. The fraction of sp³-hybridized carbons (Fsp3) is 0.333. The number of aromatic nitrogens is 2. The number of hydrogen-bond acceptors (Lipinski definition) is 4. The van der Waals surface area contributed by atoms with Gasteiger partial charge in [-0.3, -0.25) is 19.4 Å². The van der Waals surface area contributed by atoms with Crippen molar-refractivity contribution in [3.05, 3.63) is 68.2 Å². The van der Waals surface area contributed by atoms with Gasteiger partial charge < -0.3 is 15.6 Å². The minimum absolute atomic E-state index is 0.122. The molecular formula is C18H19FN4O4. The van der Waals surface area contributed by atoms with Crippen LogP contribution in [0.25, 0.3) is 0 Å². The number of H-pyrrole nitrogens is 2. The molecule has 1 saturated carbocycles. The van der Waals surface area contributed by atoms with E-state index in [1.165, 1.54) is 12.1 Å². The van der Waals surface area contributed by atoms with E-state index in [1.54, 1.807) is 12.1 Å². The van der Waals surface area contributed by atoms with Crippen LogP contribution in [-0.4, -0.2) is 27.8 Å². The topological polar surface area (TPSA) is 124 Å². The lowest BCUT2D eigenvalue weighted by Gasteiger charge is -2.13. The van der Waals surface area contributed by atoms with Crippen molar-refractivity contribution in [2.45, 2.75) is 31.8 Å². The highest BCUT2D eigenvalue weighted by Gasteiger charge is 2.31. The molecule has 1 fully saturated rings. The second-order valence-corrected chi connectivity index (χ2v) is 6.53. The first-order valence-corrected chi connectivity index (χ1v) is 8.57. The molecule has 1 heterocycles. The van der Waals surface area contributed by atoms with Crippen LogP contribution in [0.5, 0.6) is 0 Å². The average molecular weight is 374 g/mol. The number of carbonyl (C=O) groups is 2. The number of amides is 2. The van der Waals surface area contributed by atoms with Gasteiger partial charge in [0.2, 0.25) is 5.91 Å². The summed E-state index contributed by atoms with van der Waals surface area (Å²) in [5.74, 6) is -1.34. The van der Waals surface area contributed by atoms with Crippen LogP contribution >= 0.6 is 0 Å². The zero-order chi connectivity index (χ0) is 19.4. The summed E-state index contributed by atoms with van der Waals surface area (Å²) in [6, 6.07) is 6.78. The number of halogens is 1. The molecule has 2 aromatic rings. The Balaban J connectivity index is 1.52. The number of rotatable bonds is 5. The number of carbonyl (C=O) groups excluding carboxylic acids is 2. The Bertz CT molecular complexity index is 940. The molecule has 0 radical (unpaired) electrons. The Morgan fingerprint density at radius 1 is 1.15 bits per heavy atom. The maximum Gasteiger partial charge on any atom is 0.326 e. The molecule has 2 atom stereocenters. The first-order valence-electron chi connectivity index (χ1n) is 8.57. The Morgan fingerprint density at radius 3 is 2.70 bits per heavy atom. The van der Waals surface area contributed by atoms with E-state index in [9.17, 15) is 23.6 Å². The maximum absolute atomic E-state index is 13.2. The van der Waals surface area contributed by atoms with E-state index >= 15 is 0 Å². The first kappa shape index (κ1) is 18.6. The molecule has 0 bridgehead atoms. The zero-order valence-corrected chi connectivity index (χ0v) is 14.4. The largest absolute Gasteiger partial charge is 0.352 e. The van der Waals surface area contributed by atoms with Crippen molar-refractivity contribution in [2.75, 3.05) is 0 Å². The van der Waals surface area contributed by atoms with E-state index in [1.807, 2.05) is 4.98 Å². The van der Waals surface area contributed by atoms with Crippen LogP contribution in [0.3, 0.4) is 0 Å². The van der Waals surface area contributed by atoms with E-state index in [2.05, 4.69) is 15.6 Å². The Morgan fingerprint density at radius 2 is 1.96 bits per heavy atom. The Kier molecular flexibility index (Phi) is 5.49. The normalized spacial score (nSPS) is 18.9. The van der Waals surface area contributed by atoms with Gasteiger partial charge in [-0.15, -0.1) is 0 Å². The highest BCUT2D eigenvalue weighted by Crippen LogP contribution is 2.26. The van der Waals surface area contributed by atoms with E-state index in [4.69, 9.17) is 0 Å². The van der Waals surface area contributed by atoms with Crippen LogP contribution in [0.1, 0.15) is 35.3 Å². The second-order valence-electron chi connectivity index (χ2n) is 6.53. The number of benzene rings is 1. The van der Waals surface area contributed by atoms with Crippen LogP contribution in [-0.2, 0) is 11.3 Å². The molecule has 8 nitrogen and oxygen atoms in total. The standard InChI is InChI=1S/C18H19FN4O4/c19-12-3-1-2-10(6-12)9-20-16(25)11-4-5-13(7-11)21-17(26)14-8-15(24)23-18(27)22-14/h1-3,6,8,11,13H,4-5,7,9H2,(H,20,25)(H,21,26)(H2,22,23,24,27)/t11-,13+/m1/s1. The summed E-state index contributed by atoms with van der Waals surface area (Å²) in [4.78, 5) is 51.2. The van der Waals surface area contributed by atoms with Crippen LogP contribution in [0.15, 0.2) is 39.9 Å². The summed E-state index contributed by atoms with van der Waals surface area (Å²) in [5, 5.41) is 5.50. The van der Waals surface area contributed by atoms with Gasteiger partial charge in [-0.25, -0.2) is 9.18 Å². The lowest BCUT2D eigenvalue weighted by atomic mass is 10.1. The van der Waals surface area contributed by atoms with E-state index < -0.39 is 17.2 Å². The summed E-state index contributed by atoms with van der Waals surface area (Å²) < 4.78 is 13.2. The molecule has 1 aliphatic carbocycles. The summed E-state index contributed by atoms with van der Waals surface area (Å²) in [6.45, 7) is 0.234. The average Bonchev–Trinajstić information content (AvgIpc) is 3.07. The highest BCUT2D eigenvalue weighted by atomic mass is 19.1. The molecular weight excluding hydrogens is 355 g/mol. The minimum atomic E-state index is -0.756. The zero-order valence-electron chi connectivity index (χ0n) is 14.4. The molecule has 0 aliphatic heterocycles. The highest BCUT2D eigenvalue weighted by molar-refractivity contribution is 5.92. The number of nitrogens with one attached hydrogen (secondary N) is 4. The molecule has 4 N–H and O–H groups in total. The van der Waals surface area contributed by atoms with Gasteiger partial charge in [0.25, 0.3) is 11.5 Å². The van der Waals surface area contributed by atoms with Gasteiger partial charge in [-0.1, -0.05) is 12.1 Å². The van der Waals surface area contributed by atoms with Crippen molar-refractivity contribution in [2.24, 2.45) is 5.92 Å². The van der Waals surface area contributed by atoms with Gasteiger partial charge in [-0.05, 0) is 37.0 Å². The van der Waals surface area contributed by atoms with Crippen molar-refractivity contribution in [1.29, 1.82) is 0 Å². The molecule has 1 aromatic carbocycles. The monoisotopic (exact) mass is 374 g/mol. The summed E-state index contributed by atoms with van der Waals surface area (Å²) in [5.41, 5.74) is -0.870. The molecule has 0 unspecified atom stereocenters. The molecule has 27 heavy (non-hydrogen) atoms. The van der Waals surface area contributed by atoms with Gasteiger partial charge in [0, 0.05) is 24.6 Å². The predicted octanol–water partition coefficient (Wildman–Crippen LogP) is 0.417. The minimum Gasteiger partial charge on any atom is -0.352 e. The summed E-state index contributed by atoms with van der Waals surface area (Å²) in [6.07, 6.45) is 1.66. The van der Waals surface area contributed by atoms with Crippen LogP contribution < -0.4 is 21.9 Å². The summed E-state index contributed by atoms with van der Waals surface area (Å²) in [7, 11) is 0. The molecule has 1 aliphatic rings. The SMILES string of the molecule is O=C(N[C@H]1CC[C@@H](C(=O)NCc2cccc(F)c2)C1)c1cc(=O)[nH]c(=O)[nH]1. The molecule has 9 heteroatoms. The third-order valence-corrected chi connectivity index (χ3v) is 4.50. The second kappa shape index (κ2) is 7.98. The van der Waals surface area contributed by atoms with Crippen molar-refractivity contribution >= 4 is 11.8 Å². The smallest absolute Gasteiger partial charge is 0.326 e. The number of aromatic amines is 2. The molecule has 142 valence electrons. The van der Waals surface area contributed by atoms with E-state index in [-0.39, 0.29) is 35.9 Å². The van der Waals surface area contributed by atoms with Gasteiger partial charge in [0.15, 0.2) is 0 Å². The van der Waals surface area contributed by atoms with Gasteiger partial charge in [0.05, 0.1) is 0 Å². The molecule has 2 amide bonds. The number of hydrogen-bond donors (Lipinski definition) is 4. The Labute approximate surface area is 153 Å². The van der Waals surface area contributed by atoms with Crippen molar-refractivity contribution in [3.63, 3.8) is 0 Å². The van der Waals surface area contributed by atoms with Crippen LogP contribution in [0, 0.1) is 11.7 Å². The molecule has 1 aromatic heterocycles. The third kappa shape index (κ3) is 4.90. The fourth-order valence-electron chi connectivity index (χ4n) is 3.19. The van der Waals surface area contributed by atoms with Crippen molar-refractivity contribution in [1.82, 2.24) is 20.6 Å².